The summed E-state index contributed by atoms with van der Waals surface area (Å²) in [6.45, 7) is 0.366. The molecular weight excluding hydrogens is 307 g/mol. The van der Waals surface area contributed by atoms with Crippen LogP contribution in [-0.4, -0.2) is 25.1 Å². The van der Waals surface area contributed by atoms with Gasteiger partial charge in [-0.15, -0.1) is 0 Å². The Hall–Kier alpha value is -2.27. The normalized spacial score (nSPS) is 10.2. The molecule has 0 aliphatic rings. The maximum absolute atomic E-state index is 13.8. The molecule has 0 aliphatic carbocycles. The quantitative estimate of drug-likeness (QED) is 0.918. The molecule has 0 saturated carbocycles. The predicted octanol–water partition coefficient (Wildman–Crippen LogP) is 4.15. The van der Waals surface area contributed by atoms with Gasteiger partial charge in [0.2, 0.25) is 0 Å². The van der Waals surface area contributed by atoms with E-state index in [9.17, 15) is 9.18 Å². The van der Waals surface area contributed by atoms with Crippen LogP contribution in [0.5, 0.6) is 5.75 Å². The molecule has 0 atom stereocenters. The van der Waals surface area contributed by atoms with Gasteiger partial charge in [0.1, 0.15) is 5.75 Å². The fourth-order valence-corrected chi connectivity index (χ4v) is 2.10. The molecule has 0 aromatic heterocycles. The second-order valence-corrected chi connectivity index (χ2v) is 5.15. The van der Waals surface area contributed by atoms with E-state index in [4.69, 9.17) is 16.3 Å². The number of ether oxygens (including phenoxy) is 1. The number of carbonyl (C=O) groups is 1. The summed E-state index contributed by atoms with van der Waals surface area (Å²) < 4.78 is 18.9. The number of halogens is 2. The fraction of sp³-hybridized carbons (Fsp3) is 0.188. The number of nitrogens with one attached hydrogen (secondary N) is 1. The molecule has 116 valence electrons. The minimum Gasteiger partial charge on any atom is -0.497 e. The van der Waals surface area contributed by atoms with Crippen LogP contribution < -0.4 is 10.1 Å². The molecule has 0 bridgehead atoms. The van der Waals surface area contributed by atoms with Crippen LogP contribution in [0.4, 0.5) is 14.9 Å². The minimum absolute atomic E-state index is 0.0340. The lowest BCUT2D eigenvalue weighted by atomic mass is 10.2. The molecular formula is C16H16ClFN2O2. The molecule has 0 spiro atoms. The number of benzene rings is 2. The number of carbonyl (C=O) groups excluding carboxylic acids is 1. The topological polar surface area (TPSA) is 41.6 Å². The highest BCUT2D eigenvalue weighted by Crippen LogP contribution is 2.22. The molecule has 6 heteroatoms. The zero-order valence-electron chi connectivity index (χ0n) is 12.3. The lowest BCUT2D eigenvalue weighted by Crippen LogP contribution is -2.31. The summed E-state index contributed by atoms with van der Waals surface area (Å²) in [4.78, 5) is 13.5. The highest BCUT2D eigenvalue weighted by Gasteiger charge is 2.13. The number of urea groups is 1. The Balaban J connectivity index is 2.04. The van der Waals surface area contributed by atoms with Crippen molar-refractivity contribution in [1.82, 2.24) is 4.90 Å². The van der Waals surface area contributed by atoms with Crippen LogP contribution in [0.3, 0.4) is 0 Å². The zero-order valence-corrected chi connectivity index (χ0v) is 13.0. The van der Waals surface area contributed by atoms with Crippen molar-refractivity contribution >= 4 is 23.3 Å². The average molecular weight is 323 g/mol. The second kappa shape index (κ2) is 7.13. The van der Waals surface area contributed by atoms with Gasteiger partial charge in [-0.3, -0.25) is 0 Å². The van der Waals surface area contributed by atoms with Gasteiger partial charge in [-0.05, 0) is 29.8 Å². The third-order valence-corrected chi connectivity index (χ3v) is 3.39. The molecule has 0 unspecified atom stereocenters. The summed E-state index contributed by atoms with van der Waals surface area (Å²) in [6, 6.07) is 11.4. The number of hydrogen-bond acceptors (Lipinski definition) is 2. The highest BCUT2D eigenvalue weighted by atomic mass is 35.5. The van der Waals surface area contributed by atoms with Gasteiger partial charge < -0.3 is 15.0 Å². The molecule has 0 saturated heterocycles. The van der Waals surface area contributed by atoms with Crippen molar-refractivity contribution in [2.75, 3.05) is 19.5 Å². The van der Waals surface area contributed by atoms with Crippen molar-refractivity contribution in [2.24, 2.45) is 0 Å². The van der Waals surface area contributed by atoms with Crippen molar-refractivity contribution in [3.05, 3.63) is 58.9 Å². The first-order chi connectivity index (χ1) is 10.5. The molecule has 4 nitrogen and oxygen atoms in total. The summed E-state index contributed by atoms with van der Waals surface area (Å²) in [5.41, 5.74) is 0.957. The Morgan fingerprint density at radius 2 is 2.05 bits per heavy atom. The summed E-state index contributed by atoms with van der Waals surface area (Å²) in [5, 5.41) is 2.46. The maximum atomic E-state index is 13.8. The van der Waals surface area contributed by atoms with E-state index in [0.29, 0.717) is 12.3 Å². The summed E-state index contributed by atoms with van der Waals surface area (Å²) in [6.07, 6.45) is 0. The van der Waals surface area contributed by atoms with Crippen LogP contribution in [-0.2, 0) is 6.54 Å². The fourth-order valence-electron chi connectivity index (χ4n) is 1.93. The lowest BCUT2D eigenvalue weighted by molar-refractivity contribution is 0.220. The van der Waals surface area contributed by atoms with Crippen LogP contribution >= 0.6 is 11.6 Å². The van der Waals surface area contributed by atoms with Gasteiger partial charge in [0.25, 0.3) is 0 Å². The lowest BCUT2D eigenvalue weighted by Gasteiger charge is -2.18. The predicted molar refractivity (Wildman–Crippen MR) is 84.9 cm³/mol. The third-order valence-electron chi connectivity index (χ3n) is 3.09. The minimum atomic E-state index is -0.646. The van der Waals surface area contributed by atoms with E-state index < -0.39 is 11.8 Å². The number of rotatable bonds is 4. The zero-order chi connectivity index (χ0) is 16.1. The third kappa shape index (κ3) is 3.89. The summed E-state index contributed by atoms with van der Waals surface area (Å²) in [7, 11) is 3.20. The van der Waals surface area contributed by atoms with Gasteiger partial charge in [-0.2, -0.15) is 0 Å². The number of hydrogen-bond donors (Lipinski definition) is 1. The largest absolute Gasteiger partial charge is 0.497 e. The van der Waals surface area contributed by atoms with Gasteiger partial charge in [-0.1, -0.05) is 29.8 Å². The first-order valence-electron chi connectivity index (χ1n) is 6.60. The maximum Gasteiger partial charge on any atom is 0.321 e. The molecule has 2 amide bonds. The molecule has 2 rings (SSSR count). The molecule has 2 aromatic rings. The standard InChI is InChI=1S/C16H16ClFN2O2/c1-20(10-11-5-3-6-12(9-11)22-2)16(21)19-14-8-4-7-13(17)15(14)18/h3-9H,10H2,1-2H3,(H,19,21). The number of amides is 2. The number of anilines is 1. The van der Waals surface area contributed by atoms with Crippen molar-refractivity contribution < 1.29 is 13.9 Å². The Morgan fingerprint density at radius 3 is 2.77 bits per heavy atom. The van der Waals surface area contributed by atoms with Gasteiger partial charge >= 0.3 is 6.03 Å². The SMILES string of the molecule is COc1cccc(CN(C)C(=O)Nc2cccc(Cl)c2F)c1. The van der Waals surface area contributed by atoms with E-state index >= 15 is 0 Å². The smallest absolute Gasteiger partial charge is 0.321 e. The van der Waals surface area contributed by atoms with Crippen LogP contribution in [0.2, 0.25) is 5.02 Å². The first kappa shape index (κ1) is 16.1. The monoisotopic (exact) mass is 322 g/mol. The van der Waals surface area contributed by atoms with E-state index in [1.54, 1.807) is 20.2 Å². The van der Waals surface area contributed by atoms with Crippen LogP contribution in [0.15, 0.2) is 42.5 Å². The van der Waals surface area contributed by atoms with Crippen molar-refractivity contribution in [3.8, 4) is 5.75 Å². The Morgan fingerprint density at radius 1 is 1.32 bits per heavy atom. The van der Waals surface area contributed by atoms with Gasteiger partial charge in [0.05, 0.1) is 17.8 Å². The van der Waals surface area contributed by atoms with Gasteiger partial charge in [0.15, 0.2) is 5.82 Å². The van der Waals surface area contributed by atoms with E-state index in [1.165, 1.54) is 17.0 Å². The van der Waals surface area contributed by atoms with E-state index in [1.807, 2.05) is 24.3 Å². The first-order valence-corrected chi connectivity index (χ1v) is 6.98. The molecule has 0 fully saturated rings. The van der Waals surface area contributed by atoms with Crippen LogP contribution in [0.25, 0.3) is 0 Å². The second-order valence-electron chi connectivity index (χ2n) is 4.74. The Bertz CT molecular complexity index is 679. The van der Waals surface area contributed by atoms with Crippen LogP contribution in [0, 0.1) is 5.82 Å². The molecule has 0 heterocycles. The average Bonchev–Trinajstić information content (AvgIpc) is 2.52. The van der Waals surface area contributed by atoms with E-state index in [-0.39, 0.29) is 10.7 Å². The van der Waals surface area contributed by atoms with Crippen molar-refractivity contribution in [3.63, 3.8) is 0 Å². The van der Waals surface area contributed by atoms with Gasteiger partial charge in [0, 0.05) is 13.6 Å². The van der Waals surface area contributed by atoms with E-state index in [0.717, 1.165) is 5.56 Å². The summed E-state index contributed by atoms with van der Waals surface area (Å²) in [5.74, 6) is 0.0690. The molecule has 0 aliphatic heterocycles. The highest BCUT2D eigenvalue weighted by molar-refractivity contribution is 6.31. The number of nitrogens with zero attached hydrogens (tertiary/aromatic N) is 1. The van der Waals surface area contributed by atoms with Crippen molar-refractivity contribution in [1.29, 1.82) is 0 Å². The molecule has 2 aromatic carbocycles. The Kier molecular flexibility index (Phi) is 5.22. The molecule has 0 radical (unpaired) electrons. The molecule has 22 heavy (non-hydrogen) atoms. The van der Waals surface area contributed by atoms with Crippen LogP contribution in [0.1, 0.15) is 5.56 Å². The van der Waals surface area contributed by atoms with Gasteiger partial charge in [-0.25, -0.2) is 9.18 Å². The van der Waals surface area contributed by atoms with Crippen molar-refractivity contribution in [2.45, 2.75) is 6.54 Å². The van der Waals surface area contributed by atoms with E-state index in [2.05, 4.69) is 5.32 Å². The number of methoxy groups -OCH3 is 1. The molecule has 1 N–H and O–H groups in total. The Labute approximate surface area is 133 Å². The summed E-state index contributed by atoms with van der Waals surface area (Å²) >= 11 is 5.69.